The molecule has 136 valence electrons. The van der Waals surface area contributed by atoms with Gasteiger partial charge in [-0.15, -0.1) is 0 Å². The van der Waals surface area contributed by atoms with Gasteiger partial charge < -0.3 is 4.74 Å². The molecule has 2 aromatic rings. The van der Waals surface area contributed by atoms with E-state index in [1.165, 1.54) is 6.26 Å². The monoisotopic (exact) mass is 360 g/mol. The smallest absolute Gasteiger partial charge is 0.148 e. The minimum Gasteiger partial charge on any atom is -0.489 e. The highest BCUT2D eigenvalue weighted by atomic mass is 32.2. The quantitative estimate of drug-likeness (QED) is 0.749. The van der Waals surface area contributed by atoms with Crippen molar-refractivity contribution >= 4 is 9.84 Å². The average Bonchev–Trinajstić information content (AvgIpc) is 2.51. The van der Waals surface area contributed by atoms with Gasteiger partial charge in [-0.1, -0.05) is 70.2 Å². The van der Waals surface area contributed by atoms with Crippen molar-refractivity contribution in [2.75, 3.05) is 12.0 Å². The minimum absolute atomic E-state index is 0.0423. The number of sulfone groups is 1. The number of hydrogen-bond acceptors (Lipinski definition) is 3. The highest BCUT2D eigenvalue weighted by Gasteiger charge is 2.22. The second-order valence-electron chi connectivity index (χ2n) is 7.77. The molecule has 0 heterocycles. The third-order valence-corrected chi connectivity index (χ3v) is 5.28. The number of ether oxygens (including phenoxy) is 1. The molecule has 0 saturated heterocycles. The Morgan fingerprint density at radius 3 is 2.24 bits per heavy atom. The highest BCUT2D eigenvalue weighted by molar-refractivity contribution is 7.90. The van der Waals surface area contributed by atoms with E-state index in [9.17, 15) is 8.42 Å². The summed E-state index contributed by atoms with van der Waals surface area (Å²) in [5.74, 6) is 0.965. The van der Waals surface area contributed by atoms with E-state index in [-0.39, 0.29) is 17.1 Å². The van der Waals surface area contributed by atoms with Crippen LogP contribution >= 0.6 is 0 Å². The molecule has 0 aliphatic carbocycles. The molecule has 0 bridgehead atoms. The van der Waals surface area contributed by atoms with Crippen molar-refractivity contribution in [2.24, 2.45) is 0 Å². The predicted molar refractivity (Wildman–Crippen MR) is 104 cm³/mol. The lowest BCUT2D eigenvalue weighted by Gasteiger charge is -2.25. The lowest BCUT2D eigenvalue weighted by atomic mass is 9.84. The van der Waals surface area contributed by atoms with Gasteiger partial charge in [0.05, 0.1) is 5.75 Å². The summed E-state index contributed by atoms with van der Waals surface area (Å²) < 4.78 is 29.3. The summed E-state index contributed by atoms with van der Waals surface area (Å²) in [6, 6.07) is 16.1. The molecule has 0 amide bonds. The summed E-state index contributed by atoms with van der Waals surface area (Å²) >= 11 is 0. The second-order valence-corrected chi connectivity index (χ2v) is 9.96. The van der Waals surface area contributed by atoms with Crippen molar-refractivity contribution in [1.82, 2.24) is 0 Å². The van der Waals surface area contributed by atoms with E-state index < -0.39 is 9.84 Å². The Morgan fingerprint density at radius 1 is 1.04 bits per heavy atom. The summed E-state index contributed by atoms with van der Waals surface area (Å²) in [6.07, 6.45) is 1.28. The zero-order valence-electron chi connectivity index (χ0n) is 15.7. The maximum absolute atomic E-state index is 11.6. The third-order valence-electron chi connectivity index (χ3n) is 4.17. The van der Waals surface area contributed by atoms with Crippen molar-refractivity contribution < 1.29 is 13.2 Å². The first-order chi connectivity index (χ1) is 11.6. The van der Waals surface area contributed by atoms with Crippen LogP contribution in [0.5, 0.6) is 5.75 Å². The maximum atomic E-state index is 11.6. The van der Waals surface area contributed by atoms with Crippen LogP contribution in [0, 0.1) is 0 Å². The molecule has 0 spiro atoms. The standard InChI is InChI=1S/C21H28O3S/c1-16(15-25(5,22)23)18-11-12-20(19(13-18)21(2,3)4)24-14-17-9-7-6-8-10-17/h6-13,16H,14-15H2,1-5H3. The summed E-state index contributed by atoms with van der Waals surface area (Å²) in [5.41, 5.74) is 3.16. The molecule has 0 N–H and O–H groups in total. The molecule has 4 heteroatoms. The number of hydrogen-bond donors (Lipinski definition) is 0. The fourth-order valence-corrected chi connectivity index (χ4v) is 3.95. The topological polar surface area (TPSA) is 43.4 Å². The summed E-state index contributed by atoms with van der Waals surface area (Å²) in [4.78, 5) is 0. The van der Waals surface area contributed by atoms with Gasteiger partial charge in [-0.05, 0) is 34.1 Å². The normalized spacial score (nSPS) is 13.5. The van der Waals surface area contributed by atoms with Crippen molar-refractivity contribution in [3.63, 3.8) is 0 Å². The van der Waals surface area contributed by atoms with E-state index in [1.807, 2.05) is 49.4 Å². The Morgan fingerprint density at radius 2 is 1.68 bits per heavy atom. The molecule has 25 heavy (non-hydrogen) atoms. The Bertz CT molecular complexity index is 803. The zero-order valence-corrected chi connectivity index (χ0v) is 16.6. The van der Waals surface area contributed by atoms with Crippen LogP contribution in [0.1, 0.15) is 50.3 Å². The van der Waals surface area contributed by atoms with Crippen LogP contribution in [-0.2, 0) is 21.9 Å². The van der Waals surface area contributed by atoms with Crippen molar-refractivity contribution in [3.8, 4) is 5.75 Å². The van der Waals surface area contributed by atoms with Crippen molar-refractivity contribution in [3.05, 3.63) is 65.2 Å². The van der Waals surface area contributed by atoms with Gasteiger partial charge in [-0.25, -0.2) is 8.42 Å². The van der Waals surface area contributed by atoms with E-state index in [0.717, 1.165) is 22.4 Å². The first-order valence-electron chi connectivity index (χ1n) is 8.55. The summed E-state index contributed by atoms with van der Waals surface area (Å²) in [5, 5.41) is 0. The first-order valence-corrected chi connectivity index (χ1v) is 10.6. The van der Waals surface area contributed by atoms with Gasteiger partial charge in [-0.3, -0.25) is 0 Å². The van der Waals surface area contributed by atoms with E-state index in [0.29, 0.717) is 6.61 Å². The third kappa shape index (κ3) is 5.89. The van der Waals surface area contributed by atoms with Gasteiger partial charge in [0.15, 0.2) is 0 Å². The molecule has 0 radical (unpaired) electrons. The molecule has 3 nitrogen and oxygen atoms in total. The van der Waals surface area contributed by atoms with E-state index in [1.54, 1.807) is 0 Å². The molecular weight excluding hydrogens is 332 g/mol. The lowest BCUT2D eigenvalue weighted by molar-refractivity contribution is 0.297. The first kappa shape index (κ1) is 19.5. The largest absolute Gasteiger partial charge is 0.489 e. The van der Waals surface area contributed by atoms with Gasteiger partial charge >= 0.3 is 0 Å². The molecule has 0 aliphatic rings. The molecule has 0 aromatic heterocycles. The molecular formula is C21H28O3S. The second kappa shape index (κ2) is 7.61. The van der Waals surface area contributed by atoms with Crippen LogP contribution in [-0.4, -0.2) is 20.4 Å². The van der Waals surface area contributed by atoms with Gasteiger partial charge in [0, 0.05) is 6.26 Å². The van der Waals surface area contributed by atoms with Gasteiger partial charge in [0.1, 0.15) is 22.2 Å². The maximum Gasteiger partial charge on any atom is 0.148 e. The van der Waals surface area contributed by atoms with E-state index in [4.69, 9.17) is 4.74 Å². The molecule has 1 atom stereocenters. The van der Waals surface area contributed by atoms with Crippen LogP contribution < -0.4 is 4.74 Å². The summed E-state index contributed by atoms with van der Waals surface area (Å²) in [7, 11) is -3.01. The zero-order chi connectivity index (χ0) is 18.7. The van der Waals surface area contributed by atoms with Gasteiger partial charge in [0.25, 0.3) is 0 Å². The van der Waals surface area contributed by atoms with Crippen molar-refractivity contribution in [1.29, 1.82) is 0 Å². The number of benzene rings is 2. The minimum atomic E-state index is -3.01. The van der Waals surface area contributed by atoms with Crippen LogP contribution in [0.3, 0.4) is 0 Å². The SMILES string of the molecule is CC(CS(C)(=O)=O)c1ccc(OCc2ccccc2)c(C(C)(C)C)c1. The number of rotatable bonds is 6. The summed E-state index contributed by atoms with van der Waals surface area (Å²) in [6.45, 7) is 8.89. The predicted octanol–water partition coefficient (Wildman–Crippen LogP) is 4.71. The fourth-order valence-electron chi connectivity index (χ4n) is 2.85. The molecule has 2 rings (SSSR count). The van der Waals surface area contributed by atoms with Crippen LogP contribution in [0.15, 0.2) is 48.5 Å². The molecule has 0 saturated carbocycles. The van der Waals surface area contributed by atoms with Gasteiger partial charge in [0.2, 0.25) is 0 Å². The molecule has 1 unspecified atom stereocenters. The lowest BCUT2D eigenvalue weighted by Crippen LogP contribution is -2.16. The average molecular weight is 361 g/mol. The Balaban J connectivity index is 2.28. The molecule has 0 fully saturated rings. The Hall–Kier alpha value is -1.81. The Kier molecular flexibility index (Phi) is 5.94. The van der Waals surface area contributed by atoms with Gasteiger partial charge in [-0.2, -0.15) is 0 Å². The van der Waals surface area contributed by atoms with Crippen molar-refractivity contribution in [2.45, 2.75) is 45.6 Å². The fraction of sp³-hybridized carbons (Fsp3) is 0.429. The Labute approximate surface area is 152 Å². The van der Waals surface area contributed by atoms with Crippen LogP contribution in [0.25, 0.3) is 0 Å². The van der Waals surface area contributed by atoms with Crippen LogP contribution in [0.2, 0.25) is 0 Å². The molecule has 0 aliphatic heterocycles. The van der Waals surface area contributed by atoms with E-state index >= 15 is 0 Å². The van der Waals surface area contributed by atoms with E-state index in [2.05, 4.69) is 26.8 Å². The van der Waals surface area contributed by atoms with Crippen LogP contribution in [0.4, 0.5) is 0 Å². The highest BCUT2D eigenvalue weighted by Crippen LogP contribution is 2.34. The molecule has 2 aromatic carbocycles.